The smallest absolute Gasteiger partial charge is 0.255 e. The molecule has 2 aromatic carbocycles. The number of benzene rings is 2. The molecule has 1 aromatic heterocycles. The molecule has 26 heavy (non-hydrogen) atoms. The van der Waals surface area contributed by atoms with E-state index >= 15 is 0 Å². The van der Waals surface area contributed by atoms with Crippen LogP contribution in [0.15, 0.2) is 73.1 Å². The van der Waals surface area contributed by atoms with Gasteiger partial charge < -0.3 is 4.90 Å². The van der Waals surface area contributed by atoms with Crippen molar-refractivity contribution in [2.75, 3.05) is 0 Å². The fourth-order valence-electron chi connectivity index (χ4n) is 3.18. The van der Waals surface area contributed by atoms with Gasteiger partial charge in [0, 0.05) is 36.1 Å². The summed E-state index contributed by atoms with van der Waals surface area (Å²) >= 11 is 0. The topological polar surface area (TPSA) is 33.2 Å². The molecule has 0 N–H and O–H groups in total. The van der Waals surface area contributed by atoms with Crippen molar-refractivity contribution in [1.29, 1.82) is 0 Å². The van der Waals surface area contributed by atoms with Crippen LogP contribution in [0, 0.1) is 5.82 Å². The second-order valence-corrected chi connectivity index (χ2v) is 6.55. The van der Waals surface area contributed by atoms with Crippen molar-refractivity contribution in [2.24, 2.45) is 0 Å². The number of nitrogens with zero attached hydrogens (tertiary/aromatic N) is 2. The molecular weight excluding hydrogens is 327 g/mol. The number of halogens is 1. The summed E-state index contributed by atoms with van der Waals surface area (Å²) in [6.45, 7) is 0.517. The van der Waals surface area contributed by atoms with E-state index in [-0.39, 0.29) is 17.8 Å². The van der Waals surface area contributed by atoms with Gasteiger partial charge in [-0.25, -0.2) is 4.39 Å². The SMILES string of the molecule is O=C(c1ccccc1-c1ccccc1F)N(Cc1cccnc1)C1CC1. The summed E-state index contributed by atoms with van der Waals surface area (Å²) < 4.78 is 14.3. The van der Waals surface area contributed by atoms with Crippen LogP contribution in [-0.2, 0) is 6.54 Å². The lowest BCUT2D eigenvalue weighted by molar-refractivity contribution is 0.0730. The van der Waals surface area contributed by atoms with Gasteiger partial charge in [0.25, 0.3) is 5.91 Å². The molecule has 0 spiro atoms. The highest BCUT2D eigenvalue weighted by Gasteiger charge is 2.34. The summed E-state index contributed by atoms with van der Waals surface area (Å²) in [6.07, 6.45) is 5.52. The molecule has 1 fully saturated rings. The molecule has 0 radical (unpaired) electrons. The van der Waals surface area contributed by atoms with Gasteiger partial charge in [0.1, 0.15) is 5.82 Å². The number of hydrogen-bond acceptors (Lipinski definition) is 2. The minimum atomic E-state index is -0.321. The summed E-state index contributed by atoms with van der Waals surface area (Å²) in [4.78, 5) is 19.3. The third kappa shape index (κ3) is 3.36. The quantitative estimate of drug-likeness (QED) is 0.671. The van der Waals surface area contributed by atoms with Gasteiger partial charge in [0.15, 0.2) is 0 Å². The number of carbonyl (C=O) groups excluding carboxylic acids is 1. The lowest BCUT2D eigenvalue weighted by Crippen LogP contribution is -2.33. The fraction of sp³-hybridized carbons (Fsp3) is 0.182. The Labute approximate surface area is 152 Å². The van der Waals surface area contributed by atoms with E-state index < -0.39 is 0 Å². The van der Waals surface area contributed by atoms with Crippen LogP contribution in [-0.4, -0.2) is 21.8 Å². The maximum absolute atomic E-state index is 14.3. The summed E-state index contributed by atoms with van der Waals surface area (Å²) in [6, 6.07) is 17.9. The Kier molecular flexibility index (Phi) is 4.48. The third-order valence-electron chi connectivity index (χ3n) is 4.65. The summed E-state index contributed by atoms with van der Waals surface area (Å²) in [5.41, 5.74) is 2.62. The Morgan fingerprint density at radius 2 is 1.73 bits per heavy atom. The van der Waals surface area contributed by atoms with E-state index in [1.807, 2.05) is 29.2 Å². The average molecular weight is 346 g/mol. The molecule has 3 nitrogen and oxygen atoms in total. The largest absolute Gasteiger partial charge is 0.331 e. The molecule has 1 saturated carbocycles. The Morgan fingerprint density at radius 1 is 1.00 bits per heavy atom. The van der Waals surface area contributed by atoms with Crippen LogP contribution < -0.4 is 0 Å². The van der Waals surface area contributed by atoms with Crippen LogP contribution in [0.2, 0.25) is 0 Å². The number of rotatable bonds is 5. The van der Waals surface area contributed by atoms with Gasteiger partial charge in [-0.05, 0) is 42.2 Å². The van der Waals surface area contributed by atoms with Gasteiger partial charge in [0.05, 0.1) is 0 Å². The van der Waals surface area contributed by atoms with Crippen LogP contribution in [0.4, 0.5) is 4.39 Å². The highest BCUT2D eigenvalue weighted by atomic mass is 19.1. The Bertz CT molecular complexity index is 922. The van der Waals surface area contributed by atoms with Gasteiger partial charge in [-0.15, -0.1) is 0 Å². The van der Waals surface area contributed by atoms with E-state index in [9.17, 15) is 9.18 Å². The maximum atomic E-state index is 14.3. The molecule has 0 unspecified atom stereocenters. The van der Waals surface area contributed by atoms with E-state index in [4.69, 9.17) is 0 Å². The van der Waals surface area contributed by atoms with Gasteiger partial charge in [-0.3, -0.25) is 9.78 Å². The van der Waals surface area contributed by atoms with Crippen LogP contribution in [0.1, 0.15) is 28.8 Å². The second kappa shape index (κ2) is 7.08. The molecule has 1 aliphatic carbocycles. The van der Waals surface area contributed by atoms with Gasteiger partial charge in [-0.1, -0.05) is 42.5 Å². The van der Waals surface area contributed by atoms with Crippen molar-refractivity contribution in [3.8, 4) is 11.1 Å². The summed E-state index contributed by atoms with van der Waals surface area (Å²) in [5.74, 6) is -0.381. The number of hydrogen-bond donors (Lipinski definition) is 0. The first-order valence-corrected chi connectivity index (χ1v) is 8.78. The molecule has 4 rings (SSSR count). The highest BCUT2D eigenvalue weighted by molar-refractivity contribution is 6.01. The number of pyridine rings is 1. The zero-order chi connectivity index (χ0) is 17.9. The van der Waals surface area contributed by atoms with E-state index in [0.717, 1.165) is 18.4 Å². The minimum absolute atomic E-state index is 0.0600. The van der Waals surface area contributed by atoms with Crippen LogP contribution in [0.3, 0.4) is 0 Å². The molecule has 0 aliphatic heterocycles. The normalized spacial score (nSPS) is 13.4. The van der Waals surface area contributed by atoms with Gasteiger partial charge >= 0.3 is 0 Å². The minimum Gasteiger partial charge on any atom is -0.331 e. The Morgan fingerprint density at radius 3 is 2.42 bits per heavy atom. The molecule has 3 aromatic rings. The van der Waals surface area contributed by atoms with Crippen LogP contribution in [0.25, 0.3) is 11.1 Å². The van der Waals surface area contributed by atoms with Crippen molar-refractivity contribution < 1.29 is 9.18 Å². The Hall–Kier alpha value is -3.01. The number of aromatic nitrogens is 1. The zero-order valence-corrected chi connectivity index (χ0v) is 14.3. The van der Waals surface area contributed by atoms with E-state index in [0.29, 0.717) is 23.2 Å². The number of amides is 1. The zero-order valence-electron chi connectivity index (χ0n) is 14.3. The standard InChI is InChI=1S/C22H19FN2O/c23-21-10-4-3-8-19(21)18-7-1-2-9-20(18)22(26)25(17-11-12-17)15-16-6-5-13-24-14-16/h1-10,13-14,17H,11-12,15H2. The predicted molar refractivity (Wildman–Crippen MR) is 99.0 cm³/mol. The van der Waals surface area contributed by atoms with Gasteiger partial charge in [0.2, 0.25) is 0 Å². The average Bonchev–Trinajstić information content (AvgIpc) is 3.52. The van der Waals surface area contributed by atoms with E-state index in [2.05, 4.69) is 4.98 Å². The van der Waals surface area contributed by atoms with Gasteiger partial charge in [-0.2, -0.15) is 0 Å². The molecule has 130 valence electrons. The maximum Gasteiger partial charge on any atom is 0.255 e. The summed E-state index contributed by atoms with van der Waals surface area (Å²) in [5, 5.41) is 0. The lowest BCUT2D eigenvalue weighted by Gasteiger charge is -2.24. The molecule has 1 aliphatic rings. The third-order valence-corrected chi connectivity index (χ3v) is 4.65. The van der Waals surface area contributed by atoms with Crippen LogP contribution >= 0.6 is 0 Å². The lowest BCUT2D eigenvalue weighted by atomic mass is 9.98. The Balaban J connectivity index is 1.70. The van der Waals surface area contributed by atoms with E-state index in [1.165, 1.54) is 6.07 Å². The molecule has 1 heterocycles. The molecule has 0 bridgehead atoms. The molecule has 0 saturated heterocycles. The highest BCUT2D eigenvalue weighted by Crippen LogP contribution is 2.33. The van der Waals surface area contributed by atoms with Crippen molar-refractivity contribution >= 4 is 5.91 Å². The molecule has 4 heteroatoms. The fourth-order valence-corrected chi connectivity index (χ4v) is 3.18. The van der Waals surface area contributed by atoms with Crippen LogP contribution in [0.5, 0.6) is 0 Å². The summed E-state index contributed by atoms with van der Waals surface area (Å²) in [7, 11) is 0. The number of carbonyl (C=O) groups is 1. The van der Waals surface area contributed by atoms with Crippen molar-refractivity contribution in [2.45, 2.75) is 25.4 Å². The first-order chi connectivity index (χ1) is 12.7. The molecular formula is C22H19FN2O. The second-order valence-electron chi connectivity index (χ2n) is 6.55. The van der Waals surface area contributed by atoms with Crippen molar-refractivity contribution in [1.82, 2.24) is 9.88 Å². The predicted octanol–water partition coefficient (Wildman–Crippen LogP) is 4.69. The van der Waals surface area contributed by atoms with E-state index in [1.54, 1.807) is 42.7 Å². The monoisotopic (exact) mass is 346 g/mol. The first kappa shape index (κ1) is 16.5. The first-order valence-electron chi connectivity index (χ1n) is 8.78. The van der Waals surface area contributed by atoms with Crippen molar-refractivity contribution in [3.05, 3.63) is 90.0 Å². The molecule has 0 atom stereocenters. The molecule has 1 amide bonds. The van der Waals surface area contributed by atoms with Crippen molar-refractivity contribution in [3.63, 3.8) is 0 Å².